The zero-order chi connectivity index (χ0) is 13.3. The number of phenolic OH excluding ortho intramolecular Hbond substituents is 1. The summed E-state index contributed by atoms with van der Waals surface area (Å²) in [6.45, 7) is 0. The third-order valence-corrected chi connectivity index (χ3v) is 3.32. The standard InChI is InChI=1S/C12H6Cl3NO2/c13-8-5-9(18)10(14)11(15)12(8)16-6-1-3-7(17)4-2-6/h1-5,17H. The number of benzene rings is 1. The van der Waals surface area contributed by atoms with Gasteiger partial charge in [-0.15, -0.1) is 0 Å². The molecule has 1 aromatic carbocycles. The molecule has 0 amide bonds. The highest BCUT2D eigenvalue weighted by Gasteiger charge is 2.23. The monoisotopic (exact) mass is 301 g/mol. The average Bonchev–Trinajstić information content (AvgIpc) is 2.34. The molecule has 0 saturated carbocycles. The molecule has 0 saturated heterocycles. The second-order valence-electron chi connectivity index (χ2n) is 3.46. The first-order chi connectivity index (χ1) is 8.49. The van der Waals surface area contributed by atoms with Crippen molar-refractivity contribution in [1.82, 2.24) is 0 Å². The van der Waals surface area contributed by atoms with E-state index < -0.39 is 5.78 Å². The zero-order valence-corrected chi connectivity index (χ0v) is 11.1. The second-order valence-corrected chi connectivity index (χ2v) is 4.62. The Bertz CT molecular complexity index is 600. The van der Waals surface area contributed by atoms with E-state index in [1.165, 1.54) is 12.1 Å². The maximum atomic E-state index is 11.3. The Balaban J connectivity index is 2.47. The number of hydrogen-bond acceptors (Lipinski definition) is 3. The molecule has 0 unspecified atom stereocenters. The smallest absolute Gasteiger partial charge is 0.200 e. The van der Waals surface area contributed by atoms with E-state index in [4.69, 9.17) is 39.9 Å². The summed E-state index contributed by atoms with van der Waals surface area (Å²) in [6, 6.07) is 6.12. The second kappa shape index (κ2) is 5.14. The molecule has 0 spiro atoms. The lowest BCUT2D eigenvalue weighted by Crippen LogP contribution is -2.11. The van der Waals surface area contributed by atoms with Crippen molar-refractivity contribution >= 4 is 52.0 Å². The number of allylic oxidation sites excluding steroid dienone is 4. The van der Waals surface area contributed by atoms with E-state index in [-0.39, 0.29) is 26.6 Å². The summed E-state index contributed by atoms with van der Waals surface area (Å²) in [4.78, 5) is 15.5. The number of carbonyl (C=O) groups excluding carboxylic acids is 1. The van der Waals surface area contributed by atoms with Crippen LogP contribution < -0.4 is 0 Å². The van der Waals surface area contributed by atoms with Crippen molar-refractivity contribution in [3.63, 3.8) is 0 Å². The van der Waals surface area contributed by atoms with Crippen LogP contribution in [0, 0.1) is 0 Å². The predicted molar refractivity (Wildman–Crippen MR) is 72.9 cm³/mol. The van der Waals surface area contributed by atoms with Crippen molar-refractivity contribution in [2.45, 2.75) is 0 Å². The summed E-state index contributed by atoms with van der Waals surface area (Å²) in [6.07, 6.45) is 1.16. The van der Waals surface area contributed by atoms with E-state index in [9.17, 15) is 4.79 Å². The molecule has 1 aliphatic carbocycles. The number of ketones is 1. The summed E-state index contributed by atoms with van der Waals surface area (Å²) in [5.74, 6) is -0.324. The summed E-state index contributed by atoms with van der Waals surface area (Å²) >= 11 is 17.6. The molecule has 3 nitrogen and oxygen atoms in total. The molecule has 0 heterocycles. The first kappa shape index (κ1) is 13.1. The lowest BCUT2D eigenvalue weighted by Gasteiger charge is -2.10. The van der Waals surface area contributed by atoms with Gasteiger partial charge >= 0.3 is 0 Å². The third-order valence-electron chi connectivity index (χ3n) is 2.19. The molecule has 2 rings (SSSR count). The van der Waals surface area contributed by atoms with Gasteiger partial charge in [0.1, 0.15) is 16.5 Å². The zero-order valence-electron chi connectivity index (χ0n) is 8.82. The van der Waals surface area contributed by atoms with E-state index in [1.807, 2.05) is 0 Å². The number of hydrogen-bond donors (Lipinski definition) is 1. The molecular formula is C12H6Cl3NO2. The number of nitrogens with zero attached hydrogens (tertiary/aromatic N) is 1. The number of phenols is 1. The first-order valence-electron chi connectivity index (χ1n) is 4.84. The maximum absolute atomic E-state index is 11.3. The fourth-order valence-electron chi connectivity index (χ4n) is 1.32. The van der Waals surface area contributed by atoms with Gasteiger partial charge in [0.05, 0.1) is 15.8 Å². The SMILES string of the molecule is O=C1C=C(Cl)C(=Nc2ccc(O)cc2)C(Cl)=C1Cl. The molecule has 0 aliphatic heterocycles. The summed E-state index contributed by atoms with van der Waals surface area (Å²) < 4.78 is 0. The molecule has 1 N–H and O–H groups in total. The van der Waals surface area contributed by atoms with Gasteiger partial charge in [-0.25, -0.2) is 4.99 Å². The number of aliphatic imine (C=N–C) groups is 1. The van der Waals surface area contributed by atoms with Crippen LogP contribution in [0.4, 0.5) is 5.69 Å². The first-order valence-corrected chi connectivity index (χ1v) is 5.97. The van der Waals surface area contributed by atoms with Crippen LogP contribution in [0.25, 0.3) is 0 Å². The number of carbonyl (C=O) groups is 1. The van der Waals surface area contributed by atoms with E-state index in [0.717, 1.165) is 6.08 Å². The molecule has 0 fully saturated rings. The minimum atomic E-state index is -0.448. The van der Waals surface area contributed by atoms with Gasteiger partial charge in [-0.3, -0.25) is 4.79 Å². The molecule has 0 bridgehead atoms. The van der Waals surface area contributed by atoms with Crippen molar-refractivity contribution in [3.05, 3.63) is 45.4 Å². The number of rotatable bonds is 1. The quantitative estimate of drug-likeness (QED) is 0.801. The van der Waals surface area contributed by atoms with Gasteiger partial charge in [0.2, 0.25) is 0 Å². The van der Waals surface area contributed by atoms with Gasteiger partial charge < -0.3 is 5.11 Å². The summed E-state index contributed by atoms with van der Waals surface area (Å²) in [7, 11) is 0. The van der Waals surface area contributed by atoms with Gasteiger partial charge in [-0.05, 0) is 24.3 Å². The van der Waals surface area contributed by atoms with Crippen LogP contribution in [-0.4, -0.2) is 16.6 Å². The van der Waals surface area contributed by atoms with E-state index >= 15 is 0 Å². The van der Waals surface area contributed by atoms with Crippen LogP contribution in [0.2, 0.25) is 0 Å². The highest BCUT2D eigenvalue weighted by Crippen LogP contribution is 2.30. The summed E-state index contributed by atoms with van der Waals surface area (Å²) in [5.41, 5.74) is 0.764. The Morgan fingerprint density at radius 1 is 1.00 bits per heavy atom. The molecule has 1 aliphatic rings. The minimum absolute atomic E-state index is 0.0160. The van der Waals surface area contributed by atoms with E-state index in [0.29, 0.717) is 5.69 Å². The van der Waals surface area contributed by atoms with Crippen LogP contribution in [0.1, 0.15) is 0 Å². The average molecular weight is 303 g/mol. The molecule has 0 radical (unpaired) electrons. The minimum Gasteiger partial charge on any atom is -0.508 e. The number of halogens is 3. The third kappa shape index (κ3) is 2.58. The Labute approximate surface area is 118 Å². The van der Waals surface area contributed by atoms with Crippen molar-refractivity contribution < 1.29 is 9.90 Å². The van der Waals surface area contributed by atoms with Gasteiger partial charge in [0, 0.05) is 6.08 Å². The van der Waals surface area contributed by atoms with Crippen LogP contribution in [0.3, 0.4) is 0 Å². The van der Waals surface area contributed by atoms with Gasteiger partial charge in [-0.2, -0.15) is 0 Å². The largest absolute Gasteiger partial charge is 0.508 e. The number of aromatic hydroxyl groups is 1. The van der Waals surface area contributed by atoms with Crippen molar-refractivity contribution in [2.75, 3.05) is 0 Å². The van der Waals surface area contributed by atoms with Gasteiger partial charge in [0.25, 0.3) is 0 Å². The molecular weight excluding hydrogens is 296 g/mol. The van der Waals surface area contributed by atoms with Crippen molar-refractivity contribution in [1.29, 1.82) is 0 Å². The Hall–Kier alpha value is -1.29. The van der Waals surface area contributed by atoms with Crippen LogP contribution in [-0.2, 0) is 4.79 Å². The fourth-order valence-corrected chi connectivity index (χ4v) is 1.99. The van der Waals surface area contributed by atoms with Crippen LogP contribution in [0.5, 0.6) is 5.75 Å². The highest BCUT2D eigenvalue weighted by atomic mass is 35.5. The predicted octanol–water partition coefficient (Wildman–Crippen LogP) is 3.86. The van der Waals surface area contributed by atoms with Crippen LogP contribution in [0.15, 0.2) is 50.4 Å². The molecule has 0 aromatic heterocycles. The molecule has 6 heteroatoms. The van der Waals surface area contributed by atoms with Crippen LogP contribution >= 0.6 is 34.8 Å². The Kier molecular flexibility index (Phi) is 3.76. The molecule has 1 aromatic rings. The molecule has 92 valence electrons. The van der Waals surface area contributed by atoms with Crippen molar-refractivity contribution in [2.24, 2.45) is 4.99 Å². The lowest BCUT2D eigenvalue weighted by molar-refractivity contribution is -0.110. The highest BCUT2D eigenvalue weighted by molar-refractivity contribution is 6.64. The Morgan fingerprint density at radius 3 is 2.22 bits per heavy atom. The molecule has 0 atom stereocenters. The summed E-state index contributed by atoms with van der Waals surface area (Å²) in [5, 5.41) is 9.19. The lowest BCUT2D eigenvalue weighted by atomic mass is 10.1. The normalized spacial score (nSPS) is 18.3. The molecule has 18 heavy (non-hydrogen) atoms. The Morgan fingerprint density at radius 2 is 1.61 bits per heavy atom. The topological polar surface area (TPSA) is 49.7 Å². The van der Waals surface area contributed by atoms with Crippen molar-refractivity contribution in [3.8, 4) is 5.75 Å². The van der Waals surface area contributed by atoms with Gasteiger partial charge in [-0.1, -0.05) is 34.8 Å². The van der Waals surface area contributed by atoms with E-state index in [1.54, 1.807) is 12.1 Å². The maximum Gasteiger partial charge on any atom is 0.200 e. The van der Waals surface area contributed by atoms with Gasteiger partial charge in [0.15, 0.2) is 5.78 Å². The van der Waals surface area contributed by atoms with E-state index in [2.05, 4.69) is 4.99 Å². The fraction of sp³-hybridized carbons (Fsp3) is 0.